The number of nitrogens with one attached hydrogen (secondary N) is 2. The van der Waals surface area contributed by atoms with Gasteiger partial charge in [0, 0.05) is 0 Å². The van der Waals surface area contributed by atoms with Crippen molar-refractivity contribution < 1.29 is 38.4 Å². The Balaban J connectivity index is 2.10. The summed E-state index contributed by atoms with van der Waals surface area (Å²) in [7, 11) is 0. The summed E-state index contributed by atoms with van der Waals surface area (Å²) in [6.45, 7) is 6.88. The van der Waals surface area contributed by atoms with Gasteiger partial charge in [-0.25, -0.2) is 15.0 Å². The van der Waals surface area contributed by atoms with E-state index >= 15 is 0 Å². The number of hydrogen-bond acceptors (Lipinski definition) is 8. The maximum atomic E-state index is 12.8. The highest BCUT2D eigenvalue weighted by Gasteiger charge is 2.24. The van der Waals surface area contributed by atoms with E-state index in [2.05, 4.69) is 15.8 Å². The van der Waals surface area contributed by atoms with Crippen LogP contribution >= 0.6 is 22.6 Å². The normalized spacial score (nSPS) is 12.0. The molecule has 3 N–H and O–H groups in total. The first kappa shape index (κ1) is 30.8. The van der Waals surface area contributed by atoms with Gasteiger partial charge in [-0.15, -0.1) is 0 Å². The third kappa shape index (κ3) is 11.3. The van der Waals surface area contributed by atoms with E-state index in [4.69, 9.17) is 24.1 Å². The van der Waals surface area contributed by atoms with E-state index < -0.39 is 36.2 Å². The van der Waals surface area contributed by atoms with Gasteiger partial charge in [0.15, 0.2) is 18.1 Å². The fourth-order valence-electron chi connectivity index (χ4n) is 2.95. The van der Waals surface area contributed by atoms with Crippen LogP contribution < -0.4 is 20.2 Å². The van der Waals surface area contributed by atoms with Gasteiger partial charge in [0.05, 0.1) is 29.6 Å². The number of ether oxygens (including phenoxy) is 4. The first-order valence-corrected chi connectivity index (χ1v) is 12.8. The summed E-state index contributed by atoms with van der Waals surface area (Å²) in [6.07, 6.45) is 0.622. The maximum absolute atomic E-state index is 12.8. The van der Waals surface area contributed by atoms with E-state index in [1.165, 1.54) is 6.21 Å². The number of halogens is 1. The van der Waals surface area contributed by atoms with Crippen LogP contribution in [0.3, 0.4) is 0 Å². The highest BCUT2D eigenvalue weighted by atomic mass is 127. The number of carboxylic acid groups (broad SMARTS) is 1. The number of aliphatic carboxylic acids is 1. The summed E-state index contributed by atoms with van der Waals surface area (Å²) in [6, 6.07) is 11.6. The number of hydrogen-bond donors (Lipinski definition) is 3. The van der Waals surface area contributed by atoms with Crippen molar-refractivity contribution in [3.8, 4) is 11.5 Å². The van der Waals surface area contributed by atoms with Crippen molar-refractivity contribution in [2.45, 2.75) is 45.9 Å². The number of carbonyl (C=O) groups excluding carboxylic acids is 2. The van der Waals surface area contributed by atoms with Crippen LogP contribution in [0, 0.1) is 3.57 Å². The molecule has 0 unspecified atom stereocenters. The molecule has 1 atom stereocenters. The minimum absolute atomic E-state index is 0.114. The largest absolute Gasteiger partial charge is 0.490 e. The molecular weight excluding hydrogens is 609 g/mol. The Kier molecular flexibility index (Phi) is 12.3. The van der Waals surface area contributed by atoms with Crippen LogP contribution in [0.25, 0.3) is 0 Å². The van der Waals surface area contributed by atoms with Gasteiger partial charge < -0.3 is 29.4 Å². The summed E-state index contributed by atoms with van der Waals surface area (Å²) >= 11 is 1.99. The summed E-state index contributed by atoms with van der Waals surface area (Å²) in [5.41, 5.74) is 3.14. The minimum Gasteiger partial charge on any atom is -0.490 e. The third-order valence-corrected chi connectivity index (χ3v) is 5.26. The fraction of sp³-hybridized carbons (Fsp3) is 0.385. The molecule has 2 amide bonds. The van der Waals surface area contributed by atoms with Gasteiger partial charge in [0.1, 0.15) is 11.6 Å². The van der Waals surface area contributed by atoms with Crippen LogP contribution in [-0.4, -0.2) is 60.8 Å². The predicted octanol–water partition coefficient (Wildman–Crippen LogP) is 3.71. The van der Waals surface area contributed by atoms with E-state index in [0.717, 1.165) is 5.56 Å². The lowest BCUT2D eigenvalue weighted by Gasteiger charge is -2.22. The average molecular weight is 641 g/mol. The van der Waals surface area contributed by atoms with E-state index in [0.29, 0.717) is 27.2 Å². The van der Waals surface area contributed by atoms with Crippen LogP contribution in [0.15, 0.2) is 47.6 Å². The van der Waals surface area contributed by atoms with E-state index in [9.17, 15) is 14.4 Å². The Morgan fingerprint density at radius 2 is 1.84 bits per heavy atom. The topological polar surface area (TPSA) is 145 Å². The molecular formula is C26H32IN3O8. The smallest absolute Gasteiger partial charge is 0.408 e. The second kappa shape index (κ2) is 15.1. The van der Waals surface area contributed by atoms with Gasteiger partial charge in [-0.05, 0) is 73.5 Å². The molecule has 0 radical (unpaired) electrons. The van der Waals surface area contributed by atoms with Gasteiger partial charge in [-0.3, -0.25) is 4.79 Å². The molecule has 0 bridgehead atoms. The number of rotatable bonds is 13. The lowest BCUT2D eigenvalue weighted by Crippen LogP contribution is -2.49. The molecule has 0 saturated heterocycles. The standard InChI is InChI=1S/C26H32IN3O8/c1-5-36-21-12-18(11-19(27)23(21)37-16-22(31)32)13-28-30-24(33)20(29-25(34)38-26(2,3)4)15-35-14-17-9-7-6-8-10-17/h6-13,20H,5,14-16H2,1-4H3,(H,29,34)(H,30,33)(H,31,32)/b28-13-/t20-/m0/s1. The molecule has 0 saturated carbocycles. The number of carbonyl (C=O) groups is 3. The highest BCUT2D eigenvalue weighted by molar-refractivity contribution is 14.1. The van der Waals surface area contributed by atoms with Crippen molar-refractivity contribution in [3.05, 3.63) is 57.2 Å². The van der Waals surface area contributed by atoms with Gasteiger partial charge in [-0.2, -0.15) is 5.10 Å². The summed E-state index contributed by atoms with van der Waals surface area (Å²) in [4.78, 5) is 36.0. The van der Waals surface area contributed by atoms with Crippen molar-refractivity contribution in [2.24, 2.45) is 5.10 Å². The van der Waals surface area contributed by atoms with Gasteiger partial charge in [0.25, 0.3) is 5.91 Å². The van der Waals surface area contributed by atoms with Crippen molar-refractivity contribution in [1.82, 2.24) is 10.7 Å². The Labute approximate surface area is 235 Å². The first-order chi connectivity index (χ1) is 18.0. The summed E-state index contributed by atoms with van der Waals surface area (Å²) in [5, 5.41) is 15.4. The van der Waals surface area contributed by atoms with E-state index in [1.807, 2.05) is 52.9 Å². The van der Waals surface area contributed by atoms with Crippen LogP contribution in [0.4, 0.5) is 4.79 Å². The molecule has 2 aromatic carbocycles. The predicted molar refractivity (Wildman–Crippen MR) is 148 cm³/mol. The van der Waals surface area contributed by atoms with Crippen molar-refractivity contribution >= 4 is 46.8 Å². The fourth-order valence-corrected chi connectivity index (χ4v) is 3.73. The van der Waals surface area contributed by atoms with Crippen LogP contribution in [-0.2, 0) is 25.7 Å². The number of amides is 2. The summed E-state index contributed by atoms with van der Waals surface area (Å²) in [5.74, 6) is -1.08. The van der Waals surface area contributed by atoms with Crippen molar-refractivity contribution in [2.75, 3.05) is 19.8 Å². The molecule has 206 valence electrons. The quantitative estimate of drug-likeness (QED) is 0.171. The molecule has 0 fully saturated rings. The minimum atomic E-state index is -1.11. The van der Waals surface area contributed by atoms with Crippen molar-refractivity contribution in [3.63, 3.8) is 0 Å². The third-order valence-electron chi connectivity index (χ3n) is 4.46. The van der Waals surface area contributed by atoms with Crippen LogP contribution in [0.1, 0.15) is 38.8 Å². The van der Waals surface area contributed by atoms with Crippen molar-refractivity contribution in [1.29, 1.82) is 0 Å². The van der Waals surface area contributed by atoms with Crippen LogP contribution in [0.5, 0.6) is 11.5 Å². The van der Waals surface area contributed by atoms with E-state index in [-0.39, 0.29) is 13.2 Å². The number of carboxylic acids is 1. The lowest BCUT2D eigenvalue weighted by molar-refractivity contribution is -0.139. The molecule has 0 aliphatic heterocycles. The van der Waals surface area contributed by atoms with Gasteiger partial charge >= 0.3 is 12.1 Å². The SMILES string of the molecule is CCOc1cc(/C=N\NC(=O)[C@H](COCc2ccccc2)NC(=O)OC(C)(C)C)cc(I)c1OCC(=O)O. The highest BCUT2D eigenvalue weighted by Crippen LogP contribution is 2.33. The Hall–Kier alpha value is -3.39. The monoisotopic (exact) mass is 641 g/mol. The summed E-state index contributed by atoms with van der Waals surface area (Å²) < 4.78 is 22.4. The zero-order valence-corrected chi connectivity index (χ0v) is 23.8. The molecule has 2 rings (SSSR count). The van der Waals surface area contributed by atoms with Gasteiger partial charge in [0.2, 0.25) is 0 Å². The number of alkyl carbamates (subject to hydrolysis) is 1. The lowest BCUT2D eigenvalue weighted by atomic mass is 10.2. The van der Waals surface area contributed by atoms with E-state index in [1.54, 1.807) is 39.8 Å². The Morgan fingerprint density at radius 3 is 2.47 bits per heavy atom. The average Bonchev–Trinajstić information content (AvgIpc) is 2.82. The second-order valence-electron chi connectivity index (χ2n) is 8.88. The second-order valence-corrected chi connectivity index (χ2v) is 10.0. The first-order valence-electron chi connectivity index (χ1n) is 11.7. The molecule has 11 nitrogen and oxygen atoms in total. The zero-order valence-electron chi connectivity index (χ0n) is 21.7. The molecule has 0 heterocycles. The molecule has 12 heteroatoms. The Bertz CT molecular complexity index is 1120. The molecule has 0 spiro atoms. The molecule has 0 aliphatic carbocycles. The van der Waals surface area contributed by atoms with Gasteiger partial charge in [-0.1, -0.05) is 30.3 Å². The molecule has 0 aromatic heterocycles. The number of benzene rings is 2. The number of nitrogens with zero attached hydrogens (tertiary/aromatic N) is 1. The maximum Gasteiger partial charge on any atom is 0.408 e. The molecule has 38 heavy (non-hydrogen) atoms. The zero-order chi connectivity index (χ0) is 28.1. The Morgan fingerprint density at radius 1 is 1.13 bits per heavy atom. The van der Waals surface area contributed by atoms with Crippen LogP contribution in [0.2, 0.25) is 0 Å². The molecule has 2 aromatic rings. The molecule has 0 aliphatic rings. The number of hydrazone groups is 1.